The Bertz CT molecular complexity index is 901. The molecular formula is C17H15Cl2N3O2S. The number of carbonyl (C=O) groups excluding carboxylic acids is 1. The largest absolute Gasteiger partial charge is 0.441 e. The molecule has 0 fully saturated rings. The first-order chi connectivity index (χ1) is 11.9. The molecule has 0 atom stereocenters. The van der Waals surface area contributed by atoms with Gasteiger partial charge in [0.05, 0.1) is 16.9 Å². The molecule has 3 rings (SSSR count). The fraction of sp³-hybridized carbons (Fsp3) is 0.235. The lowest BCUT2D eigenvalue weighted by atomic mass is 10.2. The van der Waals surface area contributed by atoms with Crippen LogP contribution in [0.25, 0.3) is 11.3 Å². The van der Waals surface area contributed by atoms with Crippen LogP contribution >= 0.6 is 34.5 Å². The van der Waals surface area contributed by atoms with Gasteiger partial charge in [0.15, 0.2) is 16.8 Å². The number of aryl methyl sites for hydroxylation is 3. The molecule has 130 valence electrons. The van der Waals surface area contributed by atoms with Crippen molar-refractivity contribution in [2.75, 3.05) is 5.32 Å². The normalized spacial score (nSPS) is 10.9. The van der Waals surface area contributed by atoms with Crippen LogP contribution < -0.4 is 5.32 Å². The summed E-state index contributed by atoms with van der Waals surface area (Å²) in [6, 6.07) is 5.15. The van der Waals surface area contributed by atoms with Crippen molar-refractivity contribution in [3.63, 3.8) is 0 Å². The van der Waals surface area contributed by atoms with E-state index in [1.807, 2.05) is 13.8 Å². The maximum absolute atomic E-state index is 12.0. The zero-order valence-corrected chi connectivity index (χ0v) is 15.9. The molecule has 0 bridgehead atoms. The third kappa shape index (κ3) is 4.39. The number of halogens is 2. The molecule has 5 nitrogen and oxygen atoms in total. The molecule has 1 amide bonds. The molecule has 8 heteroatoms. The van der Waals surface area contributed by atoms with Gasteiger partial charge in [-0.05, 0) is 32.0 Å². The zero-order valence-electron chi connectivity index (χ0n) is 13.6. The summed E-state index contributed by atoms with van der Waals surface area (Å²) in [6.07, 6.45) is 2.24. The van der Waals surface area contributed by atoms with Crippen LogP contribution in [0.4, 0.5) is 5.13 Å². The number of thiazole rings is 1. The predicted octanol–water partition coefficient (Wildman–Crippen LogP) is 5.29. The molecule has 0 unspecified atom stereocenters. The van der Waals surface area contributed by atoms with Gasteiger partial charge >= 0.3 is 0 Å². The summed E-state index contributed by atoms with van der Waals surface area (Å²) in [5, 5.41) is 4.44. The molecule has 1 aromatic carbocycles. The van der Waals surface area contributed by atoms with E-state index in [-0.39, 0.29) is 12.3 Å². The number of nitrogens with zero attached hydrogens (tertiary/aromatic N) is 2. The van der Waals surface area contributed by atoms with E-state index < -0.39 is 0 Å². The van der Waals surface area contributed by atoms with Gasteiger partial charge in [-0.1, -0.05) is 23.2 Å². The van der Waals surface area contributed by atoms with Gasteiger partial charge < -0.3 is 9.73 Å². The van der Waals surface area contributed by atoms with Crippen molar-refractivity contribution in [1.82, 2.24) is 9.97 Å². The fourth-order valence-electron chi connectivity index (χ4n) is 2.17. The third-order valence-electron chi connectivity index (χ3n) is 3.59. The van der Waals surface area contributed by atoms with Crippen molar-refractivity contribution in [3.8, 4) is 11.3 Å². The lowest BCUT2D eigenvalue weighted by Crippen LogP contribution is -2.12. The quantitative estimate of drug-likeness (QED) is 0.636. The van der Waals surface area contributed by atoms with Crippen molar-refractivity contribution in [2.24, 2.45) is 0 Å². The number of amides is 1. The Kier molecular flexibility index (Phi) is 5.42. The van der Waals surface area contributed by atoms with Crippen LogP contribution in [0.15, 0.2) is 28.8 Å². The number of hydrogen-bond donors (Lipinski definition) is 1. The van der Waals surface area contributed by atoms with Crippen LogP contribution in [0.2, 0.25) is 10.0 Å². The highest BCUT2D eigenvalue weighted by Gasteiger charge is 2.13. The van der Waals surface area contributed by atoms with Gasteiger partial charge in [-0.25, -0.2) is 9.97 Å². The highest BCUT2D eigenvalue weighted by molar-refractivity contribution is 7.15. The van der Waals surface area contributed by atoms with Crippen molar-refractivity contribution in [1.29, 1.82) is 0 Å². The predicted molar refractivity (Wildman–Crippen MR) is 100 cm³/mol. The summed E-state index contributed by atoms with van der Waals surface area (Å²) in [5.74, 6) is 0.893. The molecule has 0 aliphatic carbocycles. The van der Waals surface area contributed by atoms with Crippen molar-refractivity contribution < 1.29 is 9.21 Å². The minimum Gasteiger partial charge on any atom is -0.441 e. The van der Waals surface area contributed by atoms with E-state index in [4.69, 9.17) is 27.6 Å². The van der Waals surface area contributed by atoms with Gasteiger partial charge in [0.2, 0.25) is 5.91 Å². The van der Waals surface area contributed by atoms with Gasteiger partial charge in [-0.15, -0.1) is 11.3 Å². The second kappa shape index (κ2) is 7.56. The van der Waals surface area contributed by atoms with E-state index in [0.29, 0.717) is 38.8 Å². The van der Waals surface area contributed by atoms with Gasteiger partial charge in [-0.2, -0.15) is 0 Å². The second-order valence-electron chi connectivity index (χ2n) is 5.45. The number of benzene rings is 1. The van der Waals surface area contributed by atoms with Crippen molar-refractivity contribution >= 4 is 45.6 Å². The SMILES string of the molecule is Cc1nc(NC(=O)CCc2ncc(-c3ccc(Cl)cc3Cl)o2)sc1C. The molecule has 0 saturated carbocycles. The van der Waals surface area contributed by atoms with Crippen LogP contribution in [0.5, 0.6) is 0 Å². The summed E-state index contributed by atoms with van der Waals surface area (Å²) in [4.78, 5) is 21.6. The summed E-state index contributed by atoms with van der Waals surface area (Å²) in [6.45, 7) is 3.89. The van der Waals surface area contributed by atoms with E-state index in [1.165, 1.54) is 11.3 Å². The number of oxazole rings is 1. The van der Waals surface area contributed by atoms with Crippen LogP contribution in [0.1, 0.15) is 22.9 Å². The Hall–Kier alpha value is -1.89. The van der Waals surface area contributed by atoms with Crippen LogP contribution in [-0.2, 0) is 11.2 Å². The molecule has 0 saturated heterocycles. The minimum absolute atomic E-state index is 0.127. The second-order valence-corrected chi connectivity index (χ2v) is 7.50. The topological polar surface area (TPSA) is 68.0 Å². The molecule has 3 aromatic rings. The van der Waals surface area contributed by atoms with Crippen LogP contribution in [0, 0.1) is 13.8 Å². The molecular weight excluding hydrogens is 381 g/mol. The van der Waals surface area contributed by atoms with Crippen molar-refractivity contribution in [2.45, 2.75) is 26.7 Å². The minimum atomic E-state index is -0.127. The maximum atomic E-state index is 12.0. The maximum Gasteiger partial charge on any atom is 0.226 e. The molecule has 0 spiro atoms. The molecule has 2 aromatic heterocycles. The lowest BCUT2D eigenvalue weighted by molar-refractivity contribution is -0.116. The Morgan fingerprint density at radius 2 is 2.12 bits per heavy atom. The first-order valence-electron chi connectivity index (χ1n) is 7.56. The number of rotatable bonds is 5. The Balaban J connectivity index is 1.60. The molecule has 0 aliphatic heterocycles. The van der Waals surface area contributed by atoms with Crippen LogP contribution in [0.3, 0.4) is 0 Å². The highest BCUT2D eigenvalue weighted by Crippen LogP contribution is 2.31. The van der Waals surface area contributed by atoms with Crippen molar-refractivity contribution in [3.05, 3.63) is 50.9 Å². The van der Waals surface area contributed by atoms with E-state index in [0.717, 1.165) is 10.6 Å². The Morgan fingerprint density at radius 1 is 1.32 bits per heavy atom. The molecule has 2 heterocycles. The average molecular weight is 396 g/mol. The van der Waals surface area contributed by atoms with Gasteiger partial charge in [0, 0.05) is 28.3 Å². The highest BCUT2D eigenvalue weighted by atomic mass is 35.5. The summed E-state index contributed by atoms with van der Waals surface area (Å²) in [5.41, 5.74) is 1.64. The smallest absolute Gasteiger partial charge is 0.226 e. The number of carbonyl (C=O) groups is 1. The van der Waals surface area contributed by atoms with Gasteiger partial charge in [0.25, 0.3) is 0 Å². The van der Waals surface area contributed by atoms with E-state index in [2.05, 4.69) is 15.3 Å². The third-order valence-corrected chi connectivity index (χ3v) is 5.13. The lowest BCUT2D eigenvalue weighted by Gasteiger charge is -2.01. The number of aromatic nitrogens is 2. The average Bonchev–Trinajstić information content (AvgIpc) is 3.12. The number of nitrogens with one attached hydrogen (secondary N) is 1. The van der Waals surface area contributed by atoms with Crippen LogP contribution in [-0.4, -0.2) is 15.9 Å². The monoisotopic (exact) mass is 395 g/mol. The molecule has 0 aliphatic rings. The first-order valence-corrected chi connectivity index (χ1v) is 9.13. The summed E-state index contributed by atoms with van der Waals surface area (Å²) >= 11 is 13.5. The molecule has 1 N–H and O–H groups in total. The molecule has 25 heavy (non-hydrogen) atoms. The van der Waals surface area contributed by atoms with E-state index >= 15 is 0 Å². The standard InChI is InChI=1S/C17H15Cl2N3O2S/c1-9-10(2)25-17(21-9)22-15(23)5-6-16-20-8-14(24-16)12-4-3-11(18)7-13(12)19/h3-4,7-8H,5-6H2,1-2H3,(H,21,22,23). The first kappa shape index (κ1) is 17.9. The summed E-state index contributed by atoms with van der Waals surface area (Å²) in [7, 11) is 0. The van der Waals surface area contributed by atoms with E-state index in [9.17, 15) is 4.79 Å². The Labute approximate surface area is 159 Å². The number of hydrogen-bond acceptors (Lipinski definition) is 5. The fourth-order valence-corrected chi connectivity index (χ4v) is 3.50. The van der Waals surface area contributed by atoms with Gasteiger partial charge in [0.1, 0.15) is 0 Å². The summed E-state index contributed by atoms with van der Waals surface area (Å²) < 4.78 is 5.68. The zero-order chi connectivity index (χ0) is 18.0. The Morgan fingerprint density at radius 3 is 2.80 bits per heavy atom. The van der Waals surface area contributed by atoms with E-state index in [1.54, 1.807) is 24.4 Å². The van der Waals surface area contributed by atoms with Gasteiger partial charge in [-0.3, -0.25) is 4.79 Å². The molecule has 0 radical (unpaired) electrons. The number of anilines is 1.